The predicted octanol–water partition coefficient (Wildman–Crippen LogP) is 8.50. The molecule has 2 aromatic carbocycles. The highest BCUT2D eigenvalue weighted by Gasteiger charge is 2.26. The number of rotatable bonds is 13. The number of carbonyl (C=O) groups is 1. The second-order valence-electron chi connectivity index (χ2n) is 13.1. The summed E-state index contributed by atoms with van der Waals surface area (Å²) in [6.07, 6.45) is 14.1. The van der Waals surface area contributed by atoms with Crippen LogP contribution in [0, 0.1) is 5.92 Å². The number of amides is 2. The smallest absolute Gasteiger partial charge is 0.322 e. The lowest BCUT2D eigenvalue weighted by molar-refractivity contribution is 0.210. The van der Waals surface area contributed by atoms with Crippen molar-refractivity contribution < 1.29 is 22.3 Å². The molecule has 4 rings (SSSR count). The second kappa shape index (κ2) is 15.7. The van der Waals surface area contributed by atoms with Crippen LogP contribution < -0.4 is 10.0 Å². The zero-order valence-corrected chi connectivity index (χ0v) is 27.7. The van der Waals surface area contributed by atoms with Gasteiger partial charge in [-0.15, -0.1) is 0 Å². The SMILES string of the molecule is C=C/C=C(\C=C(\F)CNS(=O)(=O)c1ccc2c(c1)CN(C(=O)Nc1ccc(C(C)(C)C)cc1)C2)OCCCCC1CCCCC1. The number of benzene rings is 2. The third-order valence-corrected chi connectivity index (χ3v) is 9.91. The fourth-order valence-corrected chi connectivity index (χ4v) is 6.88. The number of nitrogens with zero attached hydrogens (tertiary/aromatic N) is 1. The molecule has 1 aliphatic carbocycles. The maximum absolute atomic E-state index is 14.8. The molecule has 2 aliphatic rings. The predicted molar refractivity (Wildman–Crippen MR) is 179 cm³/mol. The number of urea groups is 1. The number of hydrogen-bond acceptors (Lipinski definition) is 4. The van der Waals surface area contributed by atoms with Crippen LogP contribution >= 0.6 is 0 Å². The summed E-state index contributed by atoms with van der Waals surface area (Å²) in [5.41, 5.74) is 3.48. The van der Waals surface area contributed by atoms with Crippen molar-refractivity contribution >= 4 is 21.7 Å². The van der Waals surface area contributed by atoms with E-state index in [1.807, 2.05) is 24.3 Å². The normalized spacial score (nSPS) is 16.4. The minimum atomic E-state index is -3.99. The molecule has 2 N–H and O–H groups in total. The van der Waals surface area contributed by atoms with Gasteiger partial charge in [-0.2, -0.15) is 0 Å². The van der Waals surface area contributed by atoms with E-state index in [-0.39, 0.29) is 22.9 Å². The molecule has 2 amide bonds. The van der Waals surface area contributed by atoms with Crippen molar-refractivity contribution in [3.05, 3.63) is 95.5 Å². The van der Waals surface area contributed by atoms with Crippen molar-refractivity contribution in [2.75, 3.05) is 18.5 Å². The van der Waals surface area contributed by atoms with Crippen molar-refractivity contribution in [1.29, 1.82) is 0 Å². The average molecular weight is 638 g/mol. The van der Waals surface area contributed by atoms with Gasteiger partial charge in [0.2, 0.25) is 10.0 Å². The molecule has 0 aromatic heterocycles. The molecule has 1 aliphatic heterocycles. The van der Waals surface area contributed by atoms with Crippen molar-refractivity contribution in [2.45, 2.75) is 95.5 Å². The molecule has 0 bridgehead atoms. The third kappa shape index (κ3) is 10.3. The van der Waals surface area contributed by atoms with Gasteiger partial charge in [-0.05, 0) is 71.2 Å². The number of hydrogen-bond donors (Lipinski definition) is 2. The molecule has 0 spiro atoms. The lowest BCUT2D eigenvalue weighted by Gasteiger charge is -2.21. The van der Waals surface area contributed by atoms with E-state index >= 15 is 0 Å². The van der Waals surface area contributed by atoms with Crippen LogP contribution in [-0.4, -0.2) is 32.5 Å². The van der Waals surface area contributed by atoms with E-state index < -0.39 is 22.4 Å². The Kier molecular flexibility index (Phi) is 12.0. The van der Waals surface area contributed by atoms with Gasteiger partial charge in [0.15, 0.2) is 0 Å². The fourth-order valence-electron chi connectivity index (χ4n) is 5.85. The zero-order chi connectivity index (χ0) is 32.5. The Bertz CT molecular complexity index is 1490. The highest BCUT2D eigenvalue weighted by Crippen LogP contribution is 2.29. The molecular formula is C36H48FN3O4S. The minimum Gasteiger partial charge on any atom is -0.494 e. The third-order valence-electron chi connectivity index (χ3n) is 8.51. The Morgan fingerprint density at radius 1 is 1.04 bits per heavy atom. The number of fused-ring (bicyclic) bond motifs is 1. The summed E-state index contributed by atoms with van der Waals surface area (Å²) in [6, 6.07) is 12.2. The second-order valence-corrected chi connectivity index (χ2v) is 14.9. The highest BCUT2D eigenvalue weighted by atomic mass is 32.2. The van der Waals surface area contributed by atoms with Crippen LogP contribution in [-0.2, 0) is 33.3 Å². The van der Waals surface area contributed by atoms with Crippen molar-refractivity contribution in [3.8, 4) is 0 Å². The summed E-state index contributed by atoms with van der Waals surface area (Å²) >= 11 is 0. The van der Waals surface area contributed by atoms with Gasteiger partial charge in [0.25, 0.3) is 0 Å². The summed E-state index contributed by atoms with van der Waals surface area (Å²) in [4.78, 5) is 14.6. The summed E-state index contributed by atoms with van der Waals surface area (Å²) in [6.45, 7) is 10.7. The van der Waals surface area contributed by atoms with E-state index in [1.54, 1.807) is 23.1 Å². The molecular weight excluding hydrogens is 589 g/mol. The van der Waals surface area contributed by atoms with Gasteiger partial charge in [-0.1, -0.05) is 90.2 Å². The topological polar surface area (TPSA) is 87.7 Å². The molecule has 0 saturated heterocycles. The Labute approximate surface area is 268 Å². The first kappa shape index (κ1) is 34.4. The van der Waals surface area contributed by atoms with E-state index in [2.05, 4.69) is 37.4 Å². The van der Waals surface area contributed by atoms with Gasteiger partial charge in [-0.25, -0.2) is 22.3 Å². The van der Waals surface area contributed by atoms with E-state index in [9.17, 15) is 17.6 Å². The largest absolute Gasteiger partial charge is 0.494 e. The van der Waals surface area contributed by atoms with Gasteiger partial charge < -0.3 is 15.0 Å². The van der Waals surface area contributed by atoms with Crippen molar-refractivity contribution in [2.24, 2.45) is 5.92 Å². The molecule has 0 atom stereocenters. The van der Waals surface area contributed by atoms with E-state index in [0.29, 0.717) is 24.6 Å². The summed E-state index contributed by atoms with van der Waals surface area (Å²) in [5.74, 6) is 0.451. The molecule has 0 unspecified atom stereocenters. The maximum Gasteiger partial charge on any atom is 0.322 e. The quantitative estimate of drug-likeness (QED) is 0.131. The van der Waals surface area contributed by atoms with Gasteiger partial charge in [0.05, 0.1) is 18.0 Å². The number of nitrogens with one attached hydrogen (secondary N) is 2. The van der Waals surface area contributed by atoms with Crippen LogP contribution in [0.4, 0.5) is 14.9 Å². The molecule has 1 heterocycles. The van der Waals surface area contributed by atoms with Crippen LogP contribution in [0.3, 0.4) is 0 Å². The number of carbonyl (C=O) groups excluding carboxylic acids is 1. The summed E-state index contributed by atoms with van der Waals surface area (Å²) in [7, 11) is -3.99. The average Bonchev–Trinajstić information content (AvgIpc) is 3.44. The van der Waals surface area contributed by atoms with Crippen molar-refractivity contribution in [3.63, 3.8) is 0 Å². The lowest BCUT2D eigenvalue weighted by atomic mass is 9.86. The maximum atomic E-state index is 14.8. The Morgan fingerprint density at radius 2 is 1.76 bits per heavy atom. The zero-order valence-electron chi connectivity index (χ0n) is 26.9. The van der Waals surface area contributed by atoms with Crippen LogP contribution in [0.2, 0.25) is 0 Å². The first-order valence-corrected chi connectivity index (χ1v) is 17.5. The highest BCUT2D eigenvalue weighted by molar-refractivity contribution is 7.89. The minimum absolute atomic E-state index is 0.0150. The first-order valence-electron chi connectivity index (χ1n) is 16.0. The van der Waals surface area contributed by atoms with E-state index in [4.69, 9.17) is 4.74 Å². The fraction of sp³-hybridized carbons (Fsp3) is 0.472. The van der Waals surface area contributed by atoms with Gasteiger partial charge >= 0.3 is 6.03 Å². The molecule has 45 heavy (non-hydrogen) atoms. The van der Waals surface area contributed by atoms with Crippen LogP contribution in [0.5, 0.6) is 0 Å². The standard InChI is InChI=1S/C36H48FN3O4S/c1-5-11-33(44-21-10-9-14-27-12-7-6-8-13-27)23-31(37)24-38-45(42,43)34-20-15-28-25-40(26-29(28)22-34)35(41)39-32-18-16-30(17-19-32)36(2,3)4/h5,11,15-20,22-23,27,38H,1,6-10,12-14,21,24-26H2,2-4H3,(H,39,41)/b31-23+,33-11+. The summed E-state index contributed by atoms with van der Waals surface area (Å²) < 4.78 is 48.9. The molecule has 9 heteroatoms. The molecule has 0 radical (unpaired) electrons. The number of anilines is 1. The van der Waals surface area contributed by atoms with Crippen LogP contribution in [0.1, 0.15) is 88.8 Å². The molecule has 1 saturated carbocycles. The molecule has 2 aromatic rings. The van der Waals surface area contributed by atoms with Crippen molar-refractivity contribution in [1.82, 2.24) is 9.62 Å². The van der Waals surface area contributed by atoms with E-state index in [1.165, 1.54) is 62.3 Å². The summed E-state index contributed by atoms with van der Waals surface area (Å²) in [5, 5.41) is 2.92. The number of halogens is 1. The van der Waals surface area contributed by atoms with Gasteiger partial charge in [-0.3, -0.25) is 0 Å². The number of unbranched alkanes of at least 4 members (excludes halogenated alkanes) is 1. The molecule has 7 nitrogen and oxygen atoms in total. The monoisotopic (exact) mass is 637 g/mol. The van der Waals surface area contributed by atoms with Crippen LogP contribution in [0.25, 0.3) is 0 Å². The first-order chi connectivity index (χ1) is 21.4. The van der Waals surface area contributed by atoms with Crippen LogP contribution in [0.15, 0.2) is 83.8 Å². The Balaban J connectivity index is 1.26. The number of sulfonamides is 1. The Morgan fingerprint density at radius 3 is 2.44 bits per heavy atom. The molecule has 1 fully saturated rings. The van der Waals surface area contributed by atoms with Gasteiger partial charge in [0, 0.05) is 24.9 Å². The number of allylic oxidation sites excluding steroid dienone is 3. The number of ether oxygens (including phenoxy) is 1. The lowest BCUT2D eigenvalue weighted by Crippen LogP contribution is -2.30. The van der Waals surface area contributed by atoms with Gasteiger partial charge in [0.1, 0.15) is 11.6 Å². The molecule has 244 valence electrons. The van der Waals surface area contributed by atoms with E-state index in [0.717, 1.165) is 29.9 Å². The Hall–Kier alpha value is -3.43.